The van der Waals surface area contributed by atoms with Gasteiger partial charge in [0, 0.05) is 0 Å². The molecule has 1 aromatic rings. The summed E-state index contributed by atoms with van der Waals surface area (Å²) in [6, 6.07) is 8.99. The molecule has 0 aromatic heterocycles. The van der Waals surface area contributed by atoms with E-state index in [0.717, 1.165) is 0 Å². The predicted octanol–water partition coefficient (Wildman–Crippen LogP) is 5.81. The average Bonchev–Trinajstić information content (AvgIpc) is 2.35. The van der Waals surface area contributed by atoms with Crippen molar-refractivity contribution in [2.24, 2.45) is 0 Å². The van der Waals surface area contributed by atoms with Gasteiger partial charge in [-0.15, -0.1) is 0 Å². The normalized spacial score (nSPS) is 8.75. The van der Waals surface area contributed by atoms with E-state index < -0.39 is 0 Å². The fraction of sp³-hybridized carbons (Fsp3) is 0.625. The van der Waals surface area contributed by atoms with Crippen LogP contribution in [0.5, 0.6) is 0 Å². The summed E-state index contributed by atoms with van der Waals surface area (Å²) in [6.07, 6.45) is 2.44. The SMILES string of the molecule is CC.CC.CCCc1ccc(C(C)C)cc1. The summed E-state index contributed by atoms with van der Waals surface area (Å²) in [4.78, 5) is 0. The van der Waals surface area contributed by atoms with Crippen LogP contribution in [0, 0.1) is 0 Å². The number of hydrogen-bond acceptors (Lipinski definition) is 0. The highest BCUT2D eigenvalue weighted by Crippen LogP contribution is 2.15. The molecular formula is C16H30. The van der Waals surface area contributed by atoms with Crippen LogP contribution in [0.4, 0.5) is 0 Å². The lowest BCUT2D eigenvalue weighted by atomic mass is 10.0. The molecular weight excluding hydrogens is 192 g/mol. The zero-order valence-electron chi connectivity index (χ0n) is 12.3. The predicted molar refractivity (Wildman–Crippen MR) is 77.2 cm³/mol. The average molecular weight is 222 g/mol. The lowest BCUT2D eigenvalue weighted by Crippen LogP contribution is -1.88. The number of benzene rings is 1. The van der Waals surface area contributed by atoms with Gasteiger partial charge < -0.3 is 0 Å². The molecule has 0 N–H and O–H groups in total. The van der Waals surface area contributed by atoms with E-state index in [-0.39, 0.29) is 0 Å². The van der Waals surface area contributed by atoms with Crippen molar-refractivity contribution in [2.45, 2.75) is 67.2 Å². The quantitative estimate of drug-likeness (QED) is 0.605. The monoisotopic (exact) mass is 222 g/mol. The highest BCUT2D eigenvalue weighted by Gasteiger charge is 1.97. The molecule has 94 valence electrons. The van der Waals surface area contributed by atoms with E-state index in [9.17, 15) is 0 Å². The Morgan fingerprint density at radius 3 is 1.62 bits per heavy atom. The van der Waals surface area contributed by atoms with Crippen LogP contribution in [-0.4, -0.2) is 0 Å². The van der Waals surface area contributed by atoms with E-state index in [2.05, 4.69) is 45.0 Å². The van der Waals surface area contributed by atoms with Gasteiger partial charge in [0.2, 0.25) is 0 Å². The van der Waals surface area contributed by atoms with Gasteiger partial charge in [0.25, 0.3) is 0 Å². The Kier molecular flexibility index (Phi) is 13.5. The molecule has 0 spiro atoms. The zero-order valence-corrected chi connectivity index (χ0v) is 12.3. The molecule has 0 fully saturated rings. The minimum Gasteiger partial charge on any atom is -0.0683 e. The largest absolute Gasteiger partial charge is 0.0683 e. The molecule has 0 aliphatic rings. The fourth-order valence-corrected chi connectivity index (χ4v) is 1.36. The molecule has 0 amide bonds. The second kappa shape index (κ2) is 12.3. The van der Waals surface area contributed by atoms with Gasteiger partial charge in [-0.2, -0.15) is 0 Å². The molecule has 0 aliphatic heterocycles. The van der Waals surface area contributed by atoms with Crippen molar-refractivity contribution in [2.75, 3.05) is 0 Å². The number of rotatable bonds is 3. The second-order valence-corrected chi connectivity index (χ2v) is 3.65. The lowest BCUT2D eigenvalue weighted by molar-refractivity contribution is 0.861. The van der Waals surface area contributed by atoms with Crippen LogP contribution in [0.15, 0.2) is 24.3 Å². The third kappa shape index (κ3) is 7.50. The Morgan fingerprint density at radius 2 is 1.31 bits per heavy atom. The van der Waals surface area contributed by atoms with Crippen LogP contribution in [-0.2, 0) is 6.42 Å². The van der Waals surface area contributed by atoms with Gasteiger partial charge in [-0.05, 0) is 23.5 Å². The first kappa shape index (κ1) is 17.6. The molecule has 0 aliphatic carbocycles. The van der Waals surface area contributed by atoms with E-state index in [4.69, 9.17) is 0 Å². The smallest absolute Gasteiger partial charge is 0.0219 e. The third-order valence-electron chi connectivity index (χ3n) is 2.19. The third-order valence-corrected chi connectivity index (χ3v) is 2.19. The second-order valence-electron chi connectivity index (χ2n) is 3.65. The fourth-order valence-electron chi connectivity index (χ4n) is 1.36. The molecule has 1 aromatic carbocycles. The van der Waals surface area contributed by atoms with Gasteiger partial charge in [-0.3, -0.25) is 0 Å². The first-order valence-electron chi connectivity index (χ1n) is 6.83. The minimum absolute atomic E-state index is 0.653. The molecule has 0 saturated heterocycles. The van der Waals surface area contributed by atoms with Gasteiger partial charge in [0.15, 0.2) is 0 Å². The zero-order chi connectivity index (χ0) is 13.0. The van der Waals surface area contributed by atoms with Crippen LogP contribution in [0.2, 0.25) is 0 Å². The van der Waals surface area contributed by atoms with Crippen LogP contribution in [0.1, 0.15) is 71.9 Å². The van der Waals surface area contributed by atoms with Crippen LogP contribution in [0.3, 0.4) is 0 Å². The highest BCUT2D eigenvalue weighted by atomic mass is 14.0. The molecule has 1 rings (SSSR count). The highest BCUT2D eigenvalue weighted by molar-refractivity contribution is 5.24. The van der Waals surface area contributed by atoms with Crippen molar-refractivity contribution in [3.8, 4) is 0 Å². The van der Waals surface area contributed by atoms with E-state index in [0.29, 0.717) is 5.92 Å². The van der Waals surface area contributed by atoms with Gasteiger partial charge in [-0.1, -0.05) is 79.2 Å². The van der Waals surface area contributed by atoms with E-state index in [1.165, 1.54) is 24.0 Å². The van der Waals surface area contributed by atoms with Crippen LogP contribution in [0.25, 0.3) is 0 Å². The molecule has 0 unspecified atom stereocenters. The minimum atomic E-state index is 0.653. The molecule has 0 bridgehead atoms. The van der Waals surface area contributed by atoms with Crippen molar-refractivity contribution in [1.29, 1.82) is 0 Å². The Balaban J connectivity index is 0. The Hall–Kier alpha value is -0.780. The van der Waals surface area contributed by atoms with Crippen LogP contribution >= 0.6 is 0 Å². The summed E-state index contributed by atoms with van der Waals surface area (Å²) in [5, 5.41) is 0. The van der Waals surface area contributed by atoms with Crippen molar-refractivity contribution in [1.82, 2.24) is 0 Å². The van der Waals surface area contributed by atoms with Gasteiger partial charge >= 0.3 is 0 Å². The Labute approximate surface area is 103 Å². The summed E-state index contributed by atoms with van der Waals surface area (Å²) in [6.45, 7) is 14.7. The standard InChI is InChI=1S/C12H18.2C2H6/c1-4-5-11-6-8-12(9-7-11)10(2)3;2*1-2/h6-10H,4-5H2,1-3H3;2*1-2H3. The maximum Gasteiger partial charge on any atom is -0.0219 e. The number of aryl methyl sites for hydroxylation is 1. The molecule has 0 heteroatoms. The van der Waals surface area contributed by atoms with Crippen molar-refractivity contribution < 1.29 is 0 Å². The Morgan fingerprint density at radius 1 is 0.875 bits per heavy atom. The molecule has 0 radical (unpaired) electrons. The molecule has 0 saturated carbocycles. The lowest BCUT2D eigenvalue weighted by Gasteiger charge is -2.05. The van der Waals surface area contributed by atoms with Crippen LogP contribution < -0.4 is 0 Å². The van der Waals surface area contributed by atoms with Crippen molar-refractivity contribution in [3.05, 3.63) is 35.4 Å². The van der Waals surface area contributed by atoms with Crippen molar-refractivity contribution in [3.63, 3.8) is 0 Å². The van der Waals surface area contributed by atoms with Gasteiger partial charge in [0.05, 0.1) is 0 Å². The van der Waals surface area contributed by atoms with E-state index >= 15 is 0 Å². The molecule has 16 heavy (non-hydrogen) atoms. The van der Waals surface area contributed by atoms with Gasteiger partial charge in [0.1, 0.15) is 0 Å². The number of hydrogen-bond donors (Lipinski definition) is 0. The van der Waals surface area contributed by atoms with E-state index in [1.807, 2.05) is 27.7 Å². The summed E-state index contributed by atoms with van der Waals surface area (Å²) < 4.78 is 0. The first-order chi connectivity index (χ1) is 7.74. The maximum absolute atomic E-state index is 2.25. The summed E-state index contributed by atoms with van der Waals surface area (Å²) in [5.41, 5.74) is 2.90. The van der Waals surface area contributed by atoms with Crippen molar-refractivity contribution >= 4 is 0 Å². The summed E-state index contributed by atoms with van der Waals surface area (Å²) >= 11 is 0. The first-order valence-corrected chi connectivity index (χ1v) is 6.83. The van der Waals surface area contributed by atoms with E-state index in [1.54, 1.807) is 0 Å². The summed E-state index contributed by atoms with van der Waals surface area (Å²) in [5.74, 6) is 0.653. The van der Waals surface area contributed by atoms with Gasteiger partial charge in [-0.25, -0.2) is 0 Å². The maximum atomic E-state index is 2.25. The topological polar surface area (TPSA) is 0 Å². The Bertz CT molecular complexity index is 218. The summed E-state index contributed by atoms with van der Waals surface area (Å²) in [7, 11) is 0. The molecule has 0 nitrogen and oxygen atoms in total. The molecule has 0 atom stereocenters. The molecule has 0 heterocycles.